The summed E-state index contributed by atoms with van der Waals surface area (Å²) in [5, 5.41) is 7.82. The Morgan fingerprint density at radius 2 is 0.884 bits per heavy atom. The first-order valence-electron chi connectivity index (χ1n) is 25.2. The van der Waals surface area contributed by atoms with Crippen molar-refractivity contribution in [2.45, 2.75) is 91.9 Å². The van der Waals surface area contributed by atoms with Crippen LogP contribution < -0.4 is 26.2 Å². The van der Waals surface area contributed by atoms with Crippen molar-refractivity contribution in [1.29, 1.82) is 0 Å². The molecule has 0 aromatic heterocycles. The highest BCUT2D eigenvalue weighted by Gasteiger charge is 2.44. The number of hydrogen-bond donors (Lipinski definition) is 0. The lowest BCUT2D eigenvalue weighted by Crippen LogP contribution is -2.61. The first kappa shape index (κ1) is 43.2. The molecule has 2 aliphatic heterocycles. The molecule has 0 saturated heterocycles. The van der Waals surface area contributed by atoms with Crippen molar-refractivity contribution >= 4 is 89.5 Å². The van der Waals surface area contributed by atoms with Crippen LogP contribution in [0.25, 0.3) is 54.6 Å². The van der Waals surface area contributed by atoms with Crippen molar-refractivity contribution in [3.05, 3.63) is 198 Å². The number of rotatable bonds is 6. The van der Waals surface area contributed by atoms with Gasteiger partial charge in [-0.1, -0.05) is 184 Å². The van der Waals surface area contributed by atoms with Gasteiger partial charge in [0.2, 0.25) is 0 Å². The van der Waals surface area contributed by atoms with Crippen molar-refractivity contribution in [1.82, 2.24) is 0 Å². The summed E-state index contributed by atoms with van der Waals surface area (Å²) in [6.07, 6.45) is 0. The minimum Gasteiger partial charge on any atom is -0.311 e. The van der Waals surface area contributed by atoms with Crippen LogP contribution in [-0.2, 0) is 10.8 Å². The molecule has 2 heterocycles. The summed E-state index contributed by atoms with van der Waals surface area (Å²) in [5.74, 6) is 0.752. The molecule has 3 heteroatoms. The lowest BCUT2D eigenvalue weighted by atomic mass is 9.33. The van der Waals surface area contributed by atoms with Gasteiger partial charge in [0.15, 0.2) is 0 Å². The highest BCUT2D eigenvalue weighted by Crippen LogP contribution is 2.50. The van der Waals surface area contributed by atoms with Gasteiger partial charge in [-0.25, -0.2) is 0 Å². The molecule has 2 nitrogen and oxygen atoms in total. The van der Waals surface area contributed by atoms with Crippen LogP contribution in [0.15, 0.2) is 176 Å². The molecule has 0 aliphatic carbocycles. The average Bonchev–Trinajstić information content (AvgIpc) is 3.34. The Morgan fingerprint density at radius 3 is 1.45 bits per heavy atom. The normalized spacial score (nSPS) is 13.5. The van der Waals surface area contributed by atoms with Crippen LogP contribution in [0.1, 0.15) is 103 Å². The van der Waals surface area contributed by atoms with E-state index in [9.17, 15) is 0 Å². The van der Waals surface area contributed by atoms with Crippen molar-refractivity contribution in [2.24, 2.45) is 0 Å². The van der Waals surface area contributed by atoms with E-state index in [1.54, 1.807) is 0 Å². The SMILES string of the molecule is CC(C)c1ccc2c(c1)B1c3cc(C(C)C)ccc3N(c3ccc(C(C)(C)C)cc3-c3cc4ccc5cccc6ccc(c3)c4c56)c3cc(-c4ccccc4)cc(c31)N2c1ccc(C(C)(C)C)cc1. The molecule has 0 fully saturated rings. The molecule has 0 radical (unpaired) electrons. The Balaban J connectivity index is 1.20. The molecule has 0 bridgehead atoms. The largest absolute Gasteiger partial charge is 0.311 e. The molecule has 0 amide bonds. The highest BCUT2D eigenvalue weighted by atomic mass is 15.2. The number of anilines is 6. The lowest BCUT2D eigenvalue weighted by Gasteiger charge is -2.45. The first-order valence-corrected chi connectivity index (χ1v) is 25.2. The topological polar surface area (TPSA) is 6.48 Å². The summed E-state index contributed by atoms with van der Waals surface area (Å²) >= 11 is 0. The van der Waals surface area contributed by atoms with Gasteiger partial charge in [-0.05, 0) is 171 Å². The predicted molar refractivity (Wildman–Crippen MR) is 301 cm³/mol. The van der Waals surface area contributed by atoms with Crippen LogP contribution in [0.4, 0.5) is 34.1 Å². The van der Waals surface area contributed by atoms with E-state index < -0.39 is 0 Å². The van der Waals surface area contributed by atoms with E-state index in [0.29, 0.717) is 11.8 Å². The second-order valence-corrected chi connectivity index (χ2v) is 22.6. The monoisotopic (exact) mass is 892 g/mol. The summed E-state index contributed by atoms with van der Waals surface area (Å²) in [6.45, 7) is 23.3. The van der Waals surface area contributed by atoms with Crippen LogP contribution in [0, 0.1) is 0 Å². The van der Waals surface area contributed by atoms with Gasteiger partial charge >= 0.3 is 0 Å². The molecular formula is C66H61BN2. The first-order chi connectivity index (χ1) is 33.1. The van der Waals surface area contributed by atoms with Gasteiger partial charge in [-0.2, -0.15) is 0 Å². The summed E-state index contributed by atoms with van der Waals surface area (Å²) < 4.78 is 0. The molecule has 0 unspecified atom stereocenters. The third-order valence-corrected chi connectivity index (χ3v) is 15.4. The minimum absolute atomic E-state index is 0.0126. The number of nitrogens with zero attached hydrogens (tertiary/aromatic N) is 2. The fraction of sp³-hybridized carbons (Fsp3) is 0.212. The minimum atomic E-state index is -0.0618. The van der Waals surface area contributed by atoms with Crippen molar-refractivity contribution in [3.63, 3.8) is 0 Å². The molecule has 0 saturated carbocycles. The van der Waals surface area contributed by atoms with Gasteiger partial charge < -0.3 is 9.80 Å². The zero-order valence-electron chi connectivity index (χ0n) is 41.9. The fourth-order valence-corrected chi connectivity index (χ4v) is 11.5. The van der Waals surface area contributed by atoms with E-state index in [0.717, 1.165) is 0 Å². The summed E-state index contributed by atoms with van der Waals surface area (Å²) in [6, 6.07) is 68.2. The molecule has 10 aromatic carbocycles. The Morgan fingerprint density at radius 1 is 0.377 bits per heavy atom. The number of hydrogen-bond acceptors (Lipinski definition) is 2. The van der Waals surface area contributed by atoms with E-state index >= 15 is 0 Å². The summed E-state index contributed by atoms with van der Waals surface area (Å²) in [7, 11) is 0. The molecule has 0 spiro atoms. The predicted octanol–water partition coefficient (Wildman–Crippen LogP) is 16.8. The number of fused-ring (bicyclic) bond motifs is 4. The van der Waals surface area contributed by atoms with Gasteiger partial charge in [0.05, 0.1) is 5.69 Å². The molecule has 0 N–H and O–H groups in total. The lowest BCUT2D eigenvalue weighted by molar-refractivity contribution is 0.590. The quantitative estimate of drug-likeness (QED) is 0.121. The Hall–Kier alpha value is -7.10. The Kier molecular flexibility index (Phi) is 9.84. The third kappa shape index (κ3) is 6.99. The zero-order valence-corrected chi connectivity index (χ0v) is 41.9. The molecule has 12 rings (SSSR count). The van der Waals surface area contributed by atoms with Gasteiger partial charge in [-0.3, -0.25) is 0 Å². The van der Waals surface area contributed by atoms with Crippen LogP contribution in [0.2, 0.25) is 0 Å². The molecule has 2 aliphatic rings. The van der Waals surface area contributed by atoms with E-state index in [1.165, 1.54) is 127 Å². The van der Waals surface area contributed by atoms with Crippen LogP contribution in [0.3, 0.4) is 0 Å². The van der Waals surface area contributed by atoms with Crippen molar-refractivity contribution in [2.75, 3.05) is 9.80 Å². The molecular weight excluding hydrogens is 832 g/mol. The van der Waals surface area contributed by atoms with E-state index in [2.05, 4.69) is 255 Å². The van der Waals surface area contributed by atoms with Crippen molar-refractivity contribution in [3.8, 4) is 22.3 Å². The number of benzene rings is 10. The molecule has 10 aromatic rings. The van der Waals surface area contributed by atoms with Crippen LogP contribution in [0.5, 0.6) is 0 Å². The fourth-order valence-electron chi connectivity index (χ4n) is 11.5. The highest BCUT2D eigenvalue weighted by molar-refractivity contribution is 7.00. The molecule has 0 atom stereocenters. The van der Waals surface area contributed by atoms with Crippen molar-refractivity contribution < 1.29 is 0 Å². The Labute approximate surface area is 409 Å². The maximum absolute atomic E-state index is 2.64. The van der Waals surface area contributed by atoms with E-state index in [-0.39, 0.29) is 17.5 Å². The molecule has 338 valence electrons. The van der Waals surface area contributed by atoms with Gasteiger partial charge in [0, 0.05) is 34.0 Å². The van der Waals surface area contributed by atoms with Gasteiger partial charge in [0.1, 0.15) is 0 Å². The van der Waals surface area contributed by atoms with Crippen LogP contribution >= 0.6 is 0 Å². The maximum Gasteiger partial charge on any atom is 0.252 e. The third-order valence-electron chi connectivity index (χ3n) is 15.4. The standard InChI is InChI=1S/C66H61BN2/c1-40(2)45-23-30-58-55(35-45)67-56-36-46(41(3)4)24-31-59(56)69(61-38-49(42-15-12-11-13-16-42)37-60(64(61)67)68(58)53-28-25-51(26-29-53)65(5,6)7)57-32-27-52(66(8,9)10)39-54(57)50-33-47-21-19-43-17-14-18-44-20-22-48(34-50)63(47)62(43)44/h11-41H,1-10H3. The summed E-state index contributed by atoms with van der Waals surface area (Å²) in [5.41, 5.74) is 21.6. The van der Waals surface area contributed by atoms with E-state index in [4.69, 9.17) is 0 Å². The van der Waals surface area contributed by atoms with Gasteiger partial charge in [0.25, 0.3) is 6.71 Å². The zero-order chi connectivity index (χ0) is 47.7. The maximum atomic E-state index is 2.64. The van der Waals surface area contributed by atoms with Gasteiger partial charge in [-0.15, -0.1) is 0 Å². The molecule has 69 heavy (non-hydrogen) atoms. The smallest absolute Gasteiger partial charge is 0.252 e. The summed E-state index contributed by atoms with van der Waals surface area (Å²) in [4.78, 5) is 5.22. The van der Waals surface area contributed by atoms with E-state index in [1.807, 2.05) is 0 Å². The second-order valence-electron chi connectivity index (χ2n) is 22.6. The Bertz CT molecular complexity index is 3580. The second kappa shape index (κ2) is 15.7. The average molecular weight is 893 g/mol. The van der Waals surface area contributed by atoms with Crippen LogP contribution in [-0.4, -0.2) is 6.71 Å².